The number of hydrogen-bond donors (Lipinski definition) is 1. The lowest BCUT2D eigenvalue weighted by Crippen LogP contribution is -2.45. The fourth-order valence-electron chi connectivity index (χ4n) is 4.50. The highest BCUT2D eigenvalue weighted by molar-refractivity contribution is 7.92. The fourth-order valence-corrected chi connectivity index (χ4v) is 6.13. The first-order chi connectivity index (χ1) is 18.1. The maximum atomic E-state index is 13.7. The molecule has 0 aromatic heterocycles. The van der Waals surface area contributed by atoms with Crippen molar-refractivity contribution in [3.63, 3.8) is 0 Å². The van der Waals surface area contributed by atoms with Gasteiger partial charge in [-0.05, 0) is 69.7 Å². The zero-order valence-electron chi connectivity index (χ0n) is 21.8. The van der Waals surface area contributed by atoms with Crippen LogP contribution in [0.1, 0.15) is 48.6 Å². The van der Waals surface area contributed by atoms with Gasteiger partial charge in [0, 0.05) is 12.0 Å². The summed E-state index contributed by atoms with van der Waals surface area (Å²) in [5.41, 5.74) is 0.319. The number of fused-ring (bicyclic) bond motifs is 1. The summed E-state index contributed by atoms with van der Waals surface area (Å²) >= 11 is 5.78. The number of carbonyl (C=O) groups excluding carboxylic acids is 1. The molecule has 0 bridgehead atoms. The smallest absolute Gasteiger partial charge is 0.417 e. The molecule has 1 N–H and O–H groups in total. The van der Waals surface area contributed by atoms with E-state index in [0.29, 0.717) is 22.5 Å². The summed E-state index contributed by atoms with van der Waals surface area (Å²) in [6.45, 7) is 6.67. The highest BCUT2D eigenvalue weighted by Crippen LogP contribution is 2.41. The standard InChI is InChI=1S/C28H28ClF3N2O4S/c1-17-5-9-20(10-6-17)39(36,37)34(19-8-12-23(29)22(14-19)28(30,31)32)16-26(35)33-24-15-27(3,4)38-25-13-18(2)7-11-21(24)25/h5-14,24H,15-16H2,1-4H3,(H,33,35). The van der Waals surface area contributed by atoms with E-state index in [0.717, 1.165) is 28.8 Å². The number of nitrogens with one attached hydrogen (secondary N) is 1. The largest absolute Gasteiger partial charge is 0.487 e. The number of carbonyl (C=O) groups is 1. The Labute approximate surface area is 230 Å². The Hall–Kier alpha value is -3.24. The van der Waals surface area contributed by atoms with Gasteiger partial charge in [-0.3, -0.25) is 9.10 Å². The van der Waals surface area contributed by atoms with Crippen molar-refractivity contribution in [2.75, 3.05) is 10.8 Å². The van der Waals surface area contributed by atoms with E-state index in [-0.39, 0.29) is 10.6 Å². The van der Waals surface area contributed by atoms with Crippen molar-refractivity contribution in [3.05, 3.63) is 87.9 Å². The highest BCUT2D eigenvalue weighted by atomic mass is 35.5. The minimum atomic E-state index is -4.83. The van der Waals surface area contributed by atoms with E-state index in [1.54, 1.807) is 19.1 Å². The van der Waals surface area contributed by atoms with Crippen LogP contribution >= 0.6 is 11.6 Å². The molecular weight excluding hydrogens is 553 g/mol. The number of anilines is 1. The second-order valence-corrected chi connectivity index (χ2v) is 12.5. The maximum absolute atomic E-state index is 13.7. The summed E-state index contributed by atoms with van der Waals surface area (Å²) in [6, 6.07) is 13.6. The summed E-state index contributed by atoms with van der Waals surface area (Å²) in [5.74, 6) is -0.0865. The van der Waals surface area contributed by atoms with Gasteiger partial charge >= 0.3 is 6.18 Å². The first-order valence-electron chi connectivity index (χ1n) is 12.1. The number of rotatable bonds is 6. The molecule has 1 aliphatic heterocycles. The Balaban J connectivity index is 1.72. The molecule has 0 spiro atoms. The second-order valence-electron chi connectivity index (χ2n) is 10.2. The van der Waals surface area contributed by atoms with Gasteiger partial charge in [0.1, 0.15) is 17.9 Å². The fraction of sp³-hybridized carbons (Fsp3) is 0.321. The van der Waals surface area contributed by atoms with Gasteiger partial charge in [0.25, 0.3) is 10.0 Å². The average molecular weight is 581 g/mol. The van der Waals surface area contributed by atoms with Crippen LogP contribution in [0.3, 0.4) is 0 Å². The number of ether oxygens (including phenoxy) is 1. The molecule has 1 heterocycles. The van der Waals surface area contributed by atoms with E-state index < -0.39 is 50.9 Å². The summed E-state index contributed by atoms with van der Waals surface area (Å²) in [7, 11) is -4.43. The van der Waals surface area contributed by atoms with E-state index in [1.807, 2.05) is 39.0 Å². The number of nitrogens with zero attached hydrogens (tertiary/aromatic N) is 1. The van der Waals surface area contributed by atoms with Crippen LogP contribution < -0.4 is 14.4 Å². The van der Waals surface area contributed by atoms with Crippen LogP contribution in [0, 0.1) is 13.8 Å². The molecule has 1 aliphatic rings. The van der Waals surface area contributed by atoms with Gasteiger partial charge in [0.05, 0.1) is 27.2 Å². The Morgan fingerprint density at radius 2 is 1.69 bits per heavy atom. The minimum absolute atomic E-state index is 0.169. The summed E-state index contributed by atoms with van der Waals surface area (Å²) in [6.07, 6.45) is -4.43. The summed E-state index contributed by atoms with van der Waals surface area (Å²) in [4.78, 5) is 13.2. The Bertz CT molecular complexity index is 1510. The van der Waals surface area contributed by atoms with Crippen molar-refractivity contribution in [1.82, 2.24) is 5.32 Å². The Kier molecular flexibility index (Phi) is 7.66. The van der Waals surface area contributed by atoms with Crippen molar-refractivity contribution >= 4 is 33.2 Å². The molecule has 6 nitrogen and oxygen atoms in total. The quantitative estimate of drug-likeness (QED) is 0.357. The molecule has 0 fully saturated rings. The van der Waals surface area contributed by atoms with Gasteiger partial charge in [0.15, 0.2) is 0 Å². The monoisotopic (exact) mass is 580 g/mol. The first-order valence-corrected chi connectivity index (χ1v) is 13.9. The van der Waals surface area contributed by atoms with E-state index in [2.05, 4.69) is 5.32 Å². The van der Waals surface area contributed by atoms with Crippen LogP contribution in [0.4, 0.5) is 18.9 Å². The normalized spacial score (nSPS) is 16.7. The van der Waals surface area contributed by atoms with Gasteiger partial charge in [0.2, 0.25) is 5.91 Å². The van der Waals surface area contributed by atoms with Crippen LogP contribution in [0.15, 0.2) is 65.6 Å². The molecule has 3 aromatic carbocycles. The summed E-state index contributed by atoms with van der Waals surface area (Å²) < 4.78 is 74.9. The van der Waals surface area contributed by atoms with E-state index in [9.17, 15) is 26.4 Å². The summed E-state index contributed by atoms with van der Waals surface area (Å²) in [5, 5.41) is 2.28. The van der Waals surface area contributed by atoms with E-state index in [1.165, 1.54) is 12.1 Å². The molecule has 4 rings (SSSR count). The second kappa shape index (κ2) is 10.4. The molecule has 0 saturated heterocycles. The van der Waals surface area contributed by atoms with Crippen LogP contribution in [0.2, 0.25) is 5.02 Å². The molecule has 0 aliphatic carbocycles. The zero-order valence-corrected chi connectivity index (χ0v) is 23.3. The number of hydrogen-bond acceptors (Lipinski definition) is 4. The predicted octanol–water partition coefficient (Wildman–Crippen LogP) is 6.59. The number of benzene rings is 3. The van der Waals surface area contributed by atoms with Gasteiger partial charge in [-0.15, -0.1) is 0 Å². The van der Waals surface area contributed by atoms with Crippen molar-refractivity contribution in [2.45, 2.75) is 56.8 Å². The molecule has 0 radical (unpaired) electrons. The van der Waals surface area contributed by atoms with Crippen molar-refractivity contribution in [2.24, 2.45) is 0 Å². The third-order valence-corrected chi connectivity index (χ3v) is 8.52. The SMILES string of the molecule is Cc1ccc(S(=O)(=O)N(CC(=O)NC2CC(C)(C)Oc3cc(C)ccc32)c2ccc(Cl)c(C(F)(F)F)c2)cc1. The molecule has 11 heteroatoms. The average Bonchev–Trinajstić information content (AvgIpc) is 2.81. The van der Waals surface area contributed by atoms with Crippen LogP contribution in [0.5, 0.6) is 5.75 Å². The number of alkyl halides is 3. The van der Waals surface area contributed by atoms with Gasteiger partial charge in [-0.25, -0.2) is 8.42 Å². The predicted molar refractivity (Wildman–Crippen MR) is 144 cm³/mol. The van der Waals surface area contributed by atoms with Crippen LogP contribution in [0.25, 0.3) is 0 Å². The molecule has 39 heavy (non-hydrogen) atoms. The Morgan fingerprint density at radius 1 is 1.05 bits per heavy atom. The van der Waals surface area contributed by atoms with Crippen molar-refractivity contribution in [1.29, 1.82) is 0 Å². The maximum Gasteiger partial charge on any atom is 0.417 e. The number of aryl methyl sites for hydroxylation is 2. The van der Waals surface area contributed by atoms with E-state index in [4.69, 9.17) is 16.3 Å². The van der Waals surface area contributed by atoms with E-state index >= 15 is 0 Å². The van der Waals surface area contributed by atoms with Gasteiger partial charge < -0.3 is 10.1 Å². The molecule has 0 saturated carbocycles. The first kappa shape index (κ1) is 28.8. The minimum Gasteiger partial charge on any atom is -0.487 e. The molecular formula is C28H28ClF3N2O4S. The lowest BCUT2D eigenvalue weighted by Gasteiger charge is -2.38. The number of amides is 1. The molecule has 3 aromatic rings. The van der Waals surface area contributed by atoms with Crippen molar-refractivity contribution < 1.29 is 31.1 Å². The number of halogens is 4. The lowest BCUT2D eigenvalue weighted by atomic mass is 9.89. The third-order valence-electron chi connectivity index (χ3n) is 6.40. The molecule has 1 unspecified atom stereocenters. The lowest BCUT2D eigenvalue weighted by molar-refractivity contribution is -0.137. The van der Waals surface area contributed by atoms with Gasteiger partial charge in [-0.1, -0.05) is 41.4 Å². The van der Waals surface area contributed by atoms with Crippen molar-refractivity contribution in [3.8, 4) is 5.75 Å². The van der Waals surface area contributed by atoms with Crippen LogP contribution in [-0.2, 0) is 21.0 Å². The number of sulfonamides is 1. The highest BCUT2D eigenvalue weighted by Gasteiger charge is 2.37. The van der Waals surface area contributed by atoms with Gasteiger partial charge in [-0.2, -0.15) is 13.2 Å². The third kappa shape index (κ3) is 6.33. The zero-order chi connectivity index (χ0) is 28.8. The molecule has 1 amide bonds. The molecule has 1 atom stereocenters. The Morgan fingerprint density at radius 3 is 2.33 bits per heavy atom. The van der Waals surface area contributed by atoms with Crippen LogP contribution in [-0.4, -0.2) is 26.5 Å². The topological polar surface area (TPSA) is 75.7 Å². The molecule has 208 valence electrons.